The summed E-state index contributed by atoms with van der Waals surface area (Å²) in [6.07, 6.45) is -0.164. The molecule has 1 unspecified atom stereocenters. The number of nitrogens with zero attached hydrogens (tertiary/aromatic N) is 2. The number of carbonyl (C=O) groups is 2. The number of halogens is 3. The van der Waals surface area contributed by atoms with Gasteiger partial charge in [0.05, 0.1) is 19.1 Å². The van der Waals surface area contributed by atoms with E-state index in [1.54, 1.807) is 4.90 Å². The molecule has 2 rings (SSSR count). The number of piperazine rings is 1. The topological polar surface area (TPSA) is 87.9 Å². The standard InChI is InChI=1S/C17H25ClN4O3.2ClH/c1-25-15(11-19)10-16(23)20-12-17(24)22-8-6-21(7-9-22)14-4-2-13(18)3-5-14;;/h2-5,15H,6-12,19H2,1H3,(H,20,23);2*1H. The van der Waals surface area contributed by atoms with Crippen LogP contribution in [-0.2, 0) is 14.3 Å². The Morgan fingerprint density at radius 3 is 2.30 bits per heavy atom. The maximum atomic E-state index is 12.2. The largest absolute Gasteiger partial charge is 0.380 e. The van der Waals surface area contributed by atoms with Crippen molar-refractivity contribution in [2.75, 3.05) is 51.3 Å². The second-order valence-electron chi connectivity index (χ2n) is 5.92. The number of methoxy groups -OCH3 is 1. The number of hydrogen-bond donors (Lipinski definition) is 2. The molecule has 1 heterocycles. The van der Waals surface area contributed by atoms with Crippen LogP contribution in [0.4, 0.5) is 5.69 Å². The summed E-state index contributed by atoms with van der Waals surface area (Å²) < 4.78 is 5.06. The number of amides is 2. The summed E-state index contributed by atoms with van der Waals surface area (Å²) >= 11 is 5.90. The van der Waals surface area contributed by atoms with Gasteiger partial charge in [-0.25, -0.2) is 0 Å². The van der Waals surface area contributed by atoms with Crippen molar-refractivity contribution in [1.82, 2.24) is 10.2 Å². The Kier molecular flexibility index (Phi) is 12.4. The van der Waals surface area contributed by atoms with Gasteiger partial charge in [-0.1, -0.05) is 11.6 Å². The van der Waals surface area contributed by atoms with Gasteiger partial charge >= 0.3 is 0 Å². The van der Waals surface area contributed by atoms with E-state index < -0.39 is 0 Å². The molecule has 0 aliphatic carbocycles. The zero-order valence-corrected chi connectivity index (χ0v) is 17.6. The van der Waals surface area contributed by atoms with Gasteiger partial charge in [0.15, 0.2) is 0 Å². The summed E-state index contributed by atoms with van der Waals surface area (Å²) in [5, 5.41) is 3.34. The fraction of sp³-hybridized carbons (Fsp3) is 0.529. The second-order valence-corrected chi connectivity index (χ2v) is 6.35. The number of hydrogen-bond acceptors (Lipinski definition) is 5. The fourth-order valence-electron chi connectivity index (χ4n) is 2.69. The van der Waals surface area contributed by atoms with Gasteiger partial charge in [0.2, 0.25) is 11.8 Å². The van der Waals surface area contributed by atoms with Crippen LogP contribution in [0.3, 0.4) is 0 Å². The number of nitrogens with one attached hydrogen (secondary N) is 1. The van der Waals surface area contributed by atoms with Crippen molar-refractivity contribution in [2.45, 2.75) is 12.5 Å². The van der Waals surface area contributed by atoms with E-state index in [4.69, 9.17) is 22.1 Å². The maximum Gasteiger partial charge on any atom is 0.242 e. The van der Waals surface area contributed by atoms with Crippen LogP contribution < -0.4 is 16.0 Å². The van der Waals surface area contributed by atoms with Crippen molar-refractivity contribution in [1.29, 1.82) is 0 Å². The van der Waals surface area contributed by atoms with E-state index in [0.717, 1.165) is 18.8 Å². The van der Waals surface area contributed by atoms with Gasteiger partial charge < -0.3 is 25.6 Å². The van der Waals surface area contributed by atoms with Crippen LogP contribution in [0.2, 0.25) is 5.02 Å². The normalized spacial score (nSPS) is 14.6. The van der Waals surface area contributed by atoms with E-state index in [1.165, 1.54) is 7.11 Å². The molecule has 0 saturated carbocycles. The van der Waals surface area contributed by atoms with Gasteiger partial charge in [-0.2, -0.15) is 0 Å². The summed E-state index contributed by atoms with van der Waals surface area (Å²) in [7, 11) is 1.51. The molecule has 1 aromatic rings. The summed E-state index contributed by atoms with van der Waals surface area (Å²) in [6, 6.07) is 7.67. The summed E-state index contributed by atoms with van der Waals surface area (Å²) in [5.74, 6) is -0.309. The van der Waals surface area contributed by atoms with E-state index in [9.17, 15) is 9.59 Å². The highest BCUT2D eigenvalue weighted by Gasteiger charge is 2.22. The Hall–Kier alpha value is -1.25. The molecule has 1 fully saturated rings. The fourth-order valence-corrected chi connectivity index (χ4v) is 2.82. The zero-order valence-electron chi connectivity index (χ0n) is 15.2. The molecule has 0 radical (unpaired) electrons. The number of rotatable bonds is 7. The molecular formula is C17H27Cl3N4O3. The average Bonchev–Trinajstić information content (AvgIpc) is 2.65. The van der Waals surface area contributed by atoms with Crippen LogP contribution in [0.15, 0.2) is 24.3 Å². The van der Waals surface area contributed by atoms with Crippen molar-refractivity contribution in [2.24, 2.45) is 5.73 Å². The van der Waals surface area contributed by atoms with Crippen molar-refractivity contribution in [3.63, 3.8) is 0 Å². The first kappa shape index (κ1) is 25.8. The lowest BCUT2D eigenvalue weighted by molar-refractivity contribution is -0.133. The zero-order chi connectivity index (χ0) is 18.2. The molecule has 1 atom stereocenters. The number of ether oxygens (including phenoxy) is 1. The van der Waals surface area contributed by atoms with Gasteiger partial charge in [-0.05, 0) is 24.3 Å². The predicted octanol–water partition coefficient (Wildman–Crippen LogP) is 1.31. The highest BCUT2D eigenvalue weighted by Crippen LogP contribution is 2.19. The third kappa shape index (κ3) is 8.11. The van der Waals surface area contributed by atoms with E-state index in [0.29, 0.717) is 18.1 Å². The molecule has 2 amide bonds. The van der Waals surface area contributed by atoms with Crippen molar-refractivity contribution >= 4 is 53.9 Å². The Morgan fingerprint density at radius 2 is 1.78 bits per heavy atom. The number of anilines is 1. The summed E-state index contributed by atoms with van der Waals surface area (Å²) in [6.45, 7) is 3.02. The third-order valence-corrected chi connectivity index (χ3v) is 4.52. The minimum absolute atomic E-state index is 0. The van der Waals surface area contributed by atoms with E-state index in [-0.39, 0.29) is 62.2 Å². The SMILES string of the molecule is COC(CN)CC(=O)NCC(=O)N1CCN(c2ccc(Cl)cc2)CC1.Cl.Cl. The molecule has 1 aromatic carbocycles. The Labute approximate surface area is 177 Å². The molecule has 10 heteroatoms. The highest BCUT2D eigenvalue weighted by molar-refractivity contribution is 6.30. The van der Waals surface area contributed by atoms with Crippen molar-refractivity contribution in [3.8, 4) is 0 Å². The molecular weight excluding hydrogens is 415 g/mol. The van der Waals surface area contributed by atoms with Gasteiger partial charge in [-0.3, -0.25) is 9.59 Å². The minimum atomic E-state index is -0.321. The van der Waals surface area contributed by atoms with Crippen LogP contribution >= 0.6 is 36.4 Å². The quantitative estimate of drug-likeness (QED) is 0.666. The maximum absolute atomic E-state index is 12.2. The molecule has 0 aromatic heterocycles. The van der Waals surface area contributed by atoms with Crippen molar-refractivity contribution < 1.29 is 14.3 Å². The van der Waals surface area contributed by atoms with Gasteiger partial charge in [0.1, 0.15) is 0 Å². The van der Waals surface area contributed by atoms with E-state index >= 15 is 0 Å². The smallest absolute Gasteiger partial charge is 0.242 e. The third-order valence-electron chi connectivity index (χ3n) is 4.27. The van der Waals surface area contributed by atoms with E-state index in [1.807, 2.05) is 24.3 Å². The molecule has 154 valence electrons. The van der Waals surface area contributed by atoms with Crippen LogP contribution in [0.1, 0.15) is 6.42 Å². The molecule has 27 heavy (non-hydrogen) atoms. The highest BCUT2D eigenvalue weighted by atomic mass is 35.5. The first-order valence-electron chi connectivity index (χ1n) is 8.31. The first-order valence-corrected chi connectivity index (χ1v) is 8.69. The second kappa shape index (κ2) is 13.0. The van der Waals surface area contributed by atoms with Crippen LogP contribution in [0.5, 0.6) is 0 Å². The molecule has 1 aliphatic rings. The molecule has 0 bridgehead atoms. The van der Waals surface area contributed by atoms with Gasteiger partial charge in [0.25, 0.3) is 0 Å². The lowest BCUT2D eigenvalue weighted by Crippen LogP contribution is -2.51. The van der Waals surface area contributed by atoms with Crippen LogP contribution in [-0.4, -0.2) is 69.2 Å². The Morgan fingerprint density at radius 1 is 1.19 bits per heavy atom. The summed E-state index contributed by atoms with van der Waals surface area (Å²) in [4.78, 5) is 28.0. The molecule has 7 nitrogen and oxygen atoms in total. The van der Waals surface area contributed by atoms with Gasteiger partial charge in [-0.15, -0.1) is 24.8 Å². The number of benzene rings is 1. The van der Waals surface area contributed by atoms with Crippen molar-refractivity contribution in [3.05, 3.63) is 29.3 Å². The van der Waals surface area contributed by atoms with Gasteiger partial charge in [0, 0.05) is 50.5 Å². The molecule has 1 aliphatic heterocycles. The molecule has 1 saturated heterocycles. The first-order chi connectivity index (χ1) is 12.0. The average molecular weight is 442 g/mol. The number of nitrogens with two attached hydrogens (primary N) is 1. The monoisotopic (exact) mass is 440 g/mol. The molecule has 0 spiro atoms. The number of carbonyl (C=O) groups excluding carboxylic acids is 2. The Balaban J connectivity index is 0.00000338. The van der Waals surface area contributed by atoms with E-state index in [2.05, 4.69) is 10.2 Å². The lowest BCUT2D eigenvalue weighted by atomic mass is 10.2. The summed E-state index contributed by atoms with van der Waals surface area (Å²) in [5.41, 5.74) is 6.58. The Bertz CT molecular complexity index is 577. The van der Waals surface area contributed by atoms with Crippen LogP contribution in [0.25, 0.3) is 0 Å². The molecule has 3 N–H and O–H groups in total. The predicted molar refractivity (Wildman–Crippen MR) is 112 cm³/mol. The minimum Gasteiger partial charge on any atom is -0.380 e. The van der Waals surface area contributed by atoms with Crippen LogP contribution in [0, 0.1) is 0 Å². The lowest BCUT2D eigenvalue weighted by Gasteiger charge is -2.36.